The summed E-state index contributed by atoms with van der Waals surface area (Å²) in [5.74, 6) is -0.419. The second kappa shape index (κ2) is 4.83. The molecule has 0 aliphatic carbocycles. The number of halogens is 1. The monoisotopic (exact) mass is 168 g/mol. The minimum absolute atomic E-state index is 0.419. The van der Waals surface area contributed by atoms with E-state index in [9.17, 15) is 4.39 Å². The number of aromatic nitrogens is 1. The molecule has 66 valence electrons. The van der Waals surface area contributed by atoms with Gasteiger partial charge in [0.05, 0.1) is 0 Å². The highest BCUT2D eigenvalue weighted by atomic mass is 19.1. The molecule has 0 aliphatic heterocycles. The highest BCUT2D eigenvalue weighted by Crippen LogP contribution is 2.03. The summed E-state index contributed by atoms with van der Waals surface area (Å²) in [4.78, 5) is 3.56. The minimum Gasteiger partial charge on any atom is -0.330 e. The number of nitrogens with two attached hydrogens (primary N) is 1. The van der Waals surface area contributed by atoms with Crippen LogP contribution in [0.15, 0.2) is 18.3 Å². The van der Waals surface area contributed by atoms with Crippen LogP contribution in [-0.2, 0) is 6.42 Å². The Labute approximate surface area is 71.6 Å². The van der Waals surface area contributed by atoms with Crippen molar-refractivity contribution in [1.82, 2.24) is 4.98 Å². The molecule has 2 nitrogen and oxygen atoms in total. The highest BCUT2D eigenvalue weighted by Gasteiger charge is 1.94. The van der Waals surface area contributed by atoms with Crippen molar-refractivity contribution >= 4 is 0 Å². The molecule has 0 aromatic carbocycles. The Balaban J connectivity index is 2.37. The third-order valence-electron chi connectivity index (χ3n) is 1.71. The SMILES string of the molecule is NCCCCc1ccc(F)nc1. The second-order valence-corrected chi connectivity index (χ2v) is 2.73. The van der Waals surface area contributed by atoms with Gasteiger partial charge in [-0.2, -0.15) is 4.39 Å². The fourth-order valence-corrected chi connectivity index (χ4v) is 1.03. The Morgan fingerprint density at radius 1 is 1.33 bits per heavy atom. The number of pyridine rings is 1. The minimum atomic E-state index is -0.419. The molecule has 0 fully saturated rings. The van der Waals surface area contributed by atoms with Gasteiger partial charge in [-0.3, -0.25) is 0 Å². The summed E-state index contributed by atoms with van der Waals surface area (Å²) in [7, 11) is 0. The Morgan fingerprint density at radius 3 is 2.75 bits per heavy atom. The molecular formula is C9H13FN2. The summed E-state index contributed by atoms with van der Waals surface area (Å²) >= 11 is 0. The first-order chi connectivity index (χ1) is 5.83. The number of rotatable bonds is 4. The normalized spacial score (nSPS) is 10.2. The fraction of sp³-hybridized carbons (Fsp3) is 0.444. The molecule has 0 amide bonds. The van der Waals surface area contributed by atoms with E-state index in [0.717, 1.165) is 24.8 Å². The maximum absolute atomic E-state index is 12.3. The van der Waals surface area contributed by atoms with Crippen molar-refractivity contribution < 1.29 is 4.39 Å². The number of hydrogen-bond donors (Lipinski definition) is 1. The van der Waals surface area contributed by atoms with E-state index in [1.165, 1.54) is 6.07 Å². The van der Waals surface area contributed by atoms with Crippen molar-refractivity contribution in [2.24, 2.45) is 5.73 Å². The van der Waals surface area contributed by atoms with Crippen LogP contribution in [0.5, 0.6) is 0 Å². The van der Waals surface area contributed by atoms with Crippen LogP contribution in [0.2, 0.25) is 0 Å². The predicted octanol–water partition coefficient (Wildman–Crippen LogP) is 1.50. The maximum atomic E-state index is 12.3. The van der Waals surface area contributed by atoms with Crippen LogP contribution in [0.4, 0.5) is 4.39 Å². The third kappa shape index (κ3) is 2.96. The highest BCUT2D eigenvalue weighted by molar-refractivity contribution is 5.09. The fourth-order valence-electron chi connectivity index (χ4n) is 1.03. The van der Waals surface area contributed by atoms with E-state index >= 15 is 0 Å². The molecule has 1 heterocycles. The molecule has 0 bridgehead atoms. The maximum Gasteiger partial charge on any atom is 0.212 e. The summed E-state index contributed by atoms with van der Waals surface area (Å²) in [6, 6.07) is 3.15. The number of aryl methyl sites for hydroxylation is 1. The first-order valence-electron chi connectivity index (χ1n) is 4.13. The van der Waals surface area contributed by atoms with Gasteiger partial charge in [0.2, 0.25) is 5.95 Å². The molecule has 0 atom stereocenters. The van der Waals surface area contributed by atoms with Crippen molar-refractivity contribution in [3.63, 3.8) is 0 Å². The molecule has 0 radical (unpaired) electrons. The topological polar surface area (TPSA) is 38.9 Å². The van der Waals surface area contributed by atoms with Crippen molar-refractivity contribution in [1.29, 1.82) is 0 Å². The molecule has 1 aromatic heterocycles. The van der Waals surface area contributed by atoms with Crippen LogP contribution >= 0.6 is 0 Å². The van der Waals surface area contributed by atoms with Crippen LogP contribution in [0, 0.1) is 5.95 Å². The van der Waals surface area contributed by atoms with Crippen LogP contribution in [0.25, 0.3) is 0 Å². The lowest BCUT2D eigenvalue weighted by atomic mass is 10.1. The second-order valence-electron chi connectivity index (χ2n) is 2.73. The van der Waals surface area contributed by atoms with Crippen LogP contribution in [0.1, 0.15) is 18.4 Å². The van der Waals surface area contributed by atoms with Gasteiger partial charge in [0.1, 0.15) is 0 Å². The molecule has 0 unspecified atom stereocenters. The smallest absolute Gasteiger partial charge is 0.212 e. The lowest BCUT2D eigenvalue weighted by molar-refractivity contribution is 0.581. The van der Waals surface area contributed by atoms with E-state index in [0.29, 0.717) is 6.54 Å². The summed E-state index contributed by atoms with van der Waals surface area (Å²) in [6.07, 6.45) is 4.57. The van der Waals surface area contributed by atoms with Gasteiger partial charge in [-0.1, -0.05) is 6.07 Å². The number of nitrogens with zero attached hydrogens (tertiary/aromatic N) is 1. The molecule has 0 aliphatic rings. The Morgan fingerprint density at radius 2 is 2.17 bits per heavy atom. The van der Waals surface area contributed by atoms with Crippen molar-refractivity contribution in [3.05, 3.63) is 29.8 Å². The summed E-state index contributed by atoms with van der Waals surface area (Å²) in [6.45, 7) is 0.717. The van der Waals surface area contributed by atoms with E-state index in [1.54, 1.807) is 12.3 Å². The largest absolute Gasteiger partial charge is 0.330 e. The van der Waals surface area contributed by atoms with Gasteiger partial charge >= 0.3 is 0 Å². The zero-order valence-corrected chi connectivity index (χ0v) is 6.96. The van der Waals surface area contributed by atoms with Gasteiger partial charge in [0.25, 0.3) is 0 Å². The van der Waals surface area contributed by atoms with Gasteiger partial charge in [-0.15, -0.1) is 0 Å². The predicted molar refractivity (Wildman–Crippen MR) is 46.2 cm³/mol. The van der Waals surface area contributed by atoms with E-state index in [2.05, 4.69) is 4.98 Å². The van der Waals surface area contributed by atoms with E-state index < -0.39 is 5.95 Å². The van der Waals surface area contributed by atoms with E-state index in [1.807, 2.05) is 0 Å². The van der Waals surface area contributed by atoms with Crippen molar-refractivity contribution in [2.75, 3.05) is 6.54 Å². The molecule has 1 rings (SSSR count). The average Bonchev–Trinajstić information content (AvgIpc) is 2.09. The Kier molecular flexibility index (Phi) is 3.67. The molecule has 3 heteroatoms. The molecule has 0 saturated heterocycles. The average molecular weight is 168 g/mol. The molecule has 12 heavy (non-hydrogen) atoms. The van der Waals surface area contributed by atoms with Gasteiger partial charge in [0.15, 0.2) is 0 Å². The molecule has 1 aromatic rings. The molecular weight excluding hydrogens is 155 g/mol. The Hall–Kier alpha value is -0.960. The summed E-state index contributed by atoms with van der Waals surface area (Å²) < 4.78 is 12.3. The van der Waals surface area contributed by atoms with Gasteiger partial charge in [0, 0.05) is 6.20 Å². The van der Waals surface area contributed by atoms with E-state index in [-0.39, 0.29) is 0 Å². The standard InChI is InChI=1S/C9H13FN2/c10-9-5-4-8(7-12-9)3-1-2-6-11/h4-5,7H,1-3,6,11H2. The molecule has 2 N–H and O–H groups in total. The quantitative estimate of drug-likeness (QED) is 0.546. The number of unbranched alkanes of at least 4 members (excludes halogenated alkanes) is 1. The summed E-state index contributed by atoms with van der Waals surface area (Å²) in [5, 5.41) is 0. The van der Waals surface area contributed by atoms with Crippen molar-refractivity contribution in [3.8, 4) is 0 Å². The Bertz CT molecular complexity index is 220. The van der Waals surface area contributed by atoms with Crippen molar-refractivity contribution in [2.45, 2.75) is 19.3 Å². The molecule has 0 saturated carbocycles. The number of hydrogen-bond acceptors (Lipinski definition) is 2. The van der Waals surface area contributed by atoms with Gasteiger partial charge in [-0.25, -0.2) is 4.98 Å². The van der Waals surface area contributed by atoms with E-state index in [4.69, 9.17) is 5.73 Å². The third-order valence-corrected chi connectivity index (χ3v) is 1.71. The van der Waals surface area contributed by atoms with Gasteiger partial charge in [-0.05, 0) is 37.4 Å². The zero-order valence-electron chi connectivity index (χ0n) is 6.96. The summed E-state index contributed by atoms with van der Waals surface area (Å²) in [5.41, 5.74) is 6.42. The van der Waals surface area contributed by atoms with Crippen LogP contribution in [-0.4, -0.2) is 11.5 Å². The van der Waals surface area contributed by atoms with Crippen LogP contribution < -0.4 is 5.73 Å². The first kappa shape index (κ1) is 9.13. The first-order valence-corrected chi connectivity index (χ1v) is 4.13. The zero-order chi connectivity index (χ0) is 8.81. The van der Waals surface area contributed by atoms with Gasteiger partial charge < -0.3 is 5.73 Å². The lowest BCUT2D eigenvalue weighted by Gasteiger charge is -1.98. The van der Waals surface area contributed by atoms with Crippen LogP contribution in [0.3, 0.4) is 0 Å². The lowest BCUT2D eigenvalue weighted by Crippen LogP contribution is -1.99. The molecule has 0 spiro atoms.